The molecular weight excluding hydrogens is 196 g/mol. The Kier molecular flexibility index (Phi) is 3.16. The van der Waals surface area contributed by atoms with Crippen molar-refractivity contribution in [1.82, 2.24) is 10.6 Å². The van der Waals surface area contributed by atoms with E-state index < -0.39 is 0 Å². The number of hydrogen-bond acceptors (Lipinski definition) is 3. The molecule has 1 amide bonds. The van der Waals surface area contributed by atoms with Crippen LogP contribution in [0.15, 0.2) is 16.8 Å². The number of piperidine rings is 1. The van der Waals surface area contributed by atoms with Crippen LogP contribution in [-0.4, -0.2) is 25.0 Å². The SMILES string of the molecule is O=C(NC1CCCNC1)c1ccsc1. The molecule has 0 aromatic carbocycles. The molecule has 2 N–H and O–H groups in total. The van der Waals surface area contributed by atoms with E-state index in [9.17, 15) is 4.79 Å². The van der Waals surface area contributed by atoms with Crippen molar-refractivity contribution < 1.29 is 4.79 Å². The highest BCUT2D eigenvalue weighted by atomic mass is 32.1. The summed E-state index contributed by atoms with van der Waals surface area (Å²) in [6.07, 6.45) is 2.23. The van der Waals surface area contributed by atoms with Crippen molar-refractivity contribution in [2.45, 2.75) is 18.9 Å². The van der Waals surface area contributed by atoms with Gasteiger partial charge in [-0.05, 0) is 30.8 Å². The number of carbonyl (C=O) groups excluding carboxylic acids is 1. The van der Waals surface area contributed by atoms with E-state index in [4.69, 9.17) is 0 Å². The van der Waals surface area contributed by atoms with Gasteiger partial charge in [-0.2, -0.15) is 11.3 Å². The van der Waals surface area contributed by atoms with E-state index in [-0.39, 0.29) is 5.91 Å². The van der Waals surface area contributed by atoms with Gasteiger partial charge in [0.15, 0.2) is 0 Å². The molecule has 0 aliphatic carbocycles. The van der Waals surface area contributed by atoms with E-state index in [2.05, 4.69) is 10.6 Å². The van der Waals surface area contributed by atoms with Gasteiger partial charge in [-0.1, -0.05) is 0 Å². The van der Waals surface area contributed by atoms with E-state index in [1.807, 2.05) is 16.8 Å². The van der Waals surface area contributed by atoms with Gasteiger partial charge in [0, 0.05) is 23.5 Å². The Morgan fingerprint density at radius 2 is 2.57 bits per heavy atom. The van der Waals surface area contributed by atoms with Crippen LogP contribution in [0.4, 0.5) is 0 Å². The molecule has 1 saturated heterocycles. The molecule has 1 atom stereocenters. The first-order valence-electron chi connectivity index (χ1n) is 4.90. The van der Waals surface area contributed by atoms with Crippen molar-refractivity contribution in [2.24, 2.45) is 0 Å². The summed E-state index contributed by atoms with van der Waals surface area (Å²) in [6.45, 7) is 1.97. The maximum Gasteiger partial charge on any atom is 0.252 e. The third kappa shape index (κ3) is 2.33. The van der Waals surface area contributed by atoms with Gasteiger partial charge >= 0.3 is 0 Å². The molecule has 2 rings (SSSR count). The maximum absolute atomic E-state index is 11.6. The smallest absolute Gasteiger partial charge is 0.252 e. The fraction of sp³-hybridized carbons (Fsp3) is 0.500. The third-order valence-electron chi connectivity index (χ3n) is 2.42. The molecule has 1 aromatic heterocycles. The molecule has 1 aliphatic heterocycles. The van der Waals surface area contributed by atoms with E-state index in [1.54, 1.807) is 11.3 Å². The van der Waals surface area contributed by atoms with Crippen LogP contribution < -0.4 is 10.6 Å². The average Bonchev–Trinajstić information content (AvgIpc) is 2.72. The second kappa shape index (κ2) is 4.57. The number of amides is 1. The summed E-state index contributed by atoms with van der Waals surface area (Å²) >= 11 is 1.55. The molecule has 4 heteroatoms. The number of carbonyl (C=O) groups is 1. The lowest BCUT2D eigenvalue weighted by Gasteiger charge is -2.23. The quantitative estimate of drug-likeness (QED) is 0.771. The van der Waals surface area contributed by atoms with Crippen LogP contribution in [0.25, 0.3) is 0 Å². The highest BCUT2D eigenvalue weighted by Gasteiger charge is 2.15. The predicted octanol–water partition coefficient (Wildman–Crippen LogP) is 1.23. The summed E-state index contributed by atoms with van der Waals surface area (Å²) in [6, 6.07) is 2.16. The van der Waals surface area contributed by atoms with Crippen molar-refractivity contribution in [3.05, 3.63) is 22.4 Å². The van der Waals surface area contributed by atoms with Crippen LogP contribution in [0.2, 0.25) is 0 Å². The van der Waals surface area contributed by atoms with Gasteiger partial charge < -0.3 is 10.6 Å². The third-order valence-corrected chi connectivity index (χ3v) is 3.10. The Morgan fingerprint density at radius 1 is 1.64 bits per heavy atom. The molecule has 1 aromatic rings. The Labute approximate surface area is 87.5 Å². The number of thiophene rings is 1. The molecule has 14 heavy (non-hydrogen) atoms. The fourth-order valence-corrected chi connectivity index (χ4v) is 2.27. The first kappa shape index (κ1) is 9.68. The zero-order chi connectivity index (χ0) is 9.80. The highest BCUT2D eigenvalue weighted by molar-refractivity contribution is 7.08. The van der Waals surface area contributed by atoms with E-state index in [0.717, 1.165) is 31.5 Å². The number of nitrogens with one attached hydrogen (secondary N) is 2. The molecule has 2 heterocycles. The number of hydrogen-bond donors (Lipinski definition) is 2. The largest absolute Gasteiger partial charge is 0.348 e. The van der Waals surface area contributed by atoms with Gasteiger partial charge in [-0.15, -0.1) is 0 Å². The van der Waals surface area contributed by atoms with Gasteiger partial charge in [0.2, 0.25) is 0 Å². The summed E-state index contributed by atoms with van der Waals surface area (Å²) in [5.74, 6) is 0.0555. The van der Waals surface area contributed by atoms with E-state index in [1.165, 1.54) is 0 Å². The van der Waals surface area contributed by atoms with Crippen molar-refractivity contribution in [3.8, 4) is 0 Å². The molecule has 0 bridgehead atoms. The first-order chi connectivity index (χ1) is 6.86. The lowest BCUT2D eigenvalue weighted by Crippen LogP contribution is -2.45. The minimum atomic E-state index is 0.0555. The molecule has 76 valence electrons. The van der Waals surface area contributed by atoms with Crippen LogP contribution in [-0.2, 0) is 0 Å². The first-order valence-corrected chi connectivity index (χ1v) is 5.84. The second-order valence-electron chi connectivity index (χ2n) is 3.53. The van der Waals surface area contributed by atoms with E-state index in [0.29, 0.717) is 6.04 Å². The van der Waals surface area contributed by atoms with Crippen LogP contribution in [0.5, 0.6) is 0 Å². The molecule has 0 saturated carbocycles. The maximum atomic E-state index is 11.6. The lowest BCUT2D eigenvalue weighted by atomic mass is 10.1. The zero-order valence-corrected chi connectivity index (χ0v) is 8.77. The average molecular weight is 210 g/mol. The Hall–Kier alpha value is -0.870. The summed E-state index contributed by atoms with van der Waals surface area (Å²) in [5, 5.41) is 10.1. The van der Waals surface area contributed by atoms with E-state index >= 15 is 0 Å². The van der Waals surface area contributed by atoms with Crippen molar-refractivity contribution in [1.29, 1.82) is 0 Å². The van der Waals surface area contributed by atoms with Gasteiger partial charge in [0.25, 0.3) is 5.91 Å². The standard InChI is InChI=1S/C10H14N2OS/c13-10(8-3-5-14-7-8)12-9-2-1-4-11-6-9/h3,5,7,9,11H,1-2,4,6H2,(H,12,13). The summed E-state index contributed by atoms with van der Waals surface area (Å²) in [7, 11) is 0. The van der Waals surface area contributed by atoms with Gasteiger partial charge in [0.05, 0.1) is 0 Å². The summed E-state index contributed by atoms with van der Waals surface area (Å²) in [4.78, 5) is 11.6. The van der Waals surface area contributed by atoms with Crippen LogP contribution >= 0.6 is 11.3 Å². The molecule has 0 spiro atoms. The topological polar surface area (TPSA) is 41.1 Å². The van der Waals surface area contributed by atoms with Crippen LogP contribution in [0.1, 0.15) is 23.2 Å². The van der Waals surface area contributed by atoms with Crippen molar-refractivity contribution in [3.63, 3.8) is 0 Å². The Morgan fingerprint density at radius 3 is 3.21 bits per heavy atom. The molecular formula is C10H14N2OS. The summed E-state index contributed by atoms with van der Waals surface area (Å²) < 4.78 is 0. The fourth-order valence-electron chi connectivity index (χ4n) is 1.64. The van der Waals surface area contributed by atoms with Gasteiger partial charge in [-0.25, -0.2) is 0 Å². The van der Waals surface area contributed by atoms with Crippen LogP contribution in [0, 0.1) is 0 Å². The molecule has 3 nitrogen and oxygen atoms in total. The molecule has 1 fully saturated rings. The Balaban J connectivity index is 1.87. The highest BCUT2D eigenvalue weighted by Crippen LogP contribution is 2.07. The molecule has 0 radical (unpaired) electrons. The second-order valence-corrected chi connectivity index (χ2v) is 4.31. The van der Waals surface area contributed by atoms with Gasteiger partial charge in [-0.3, -0.25) is 4.79 Å². The Bertz CT molecular complexity index is 291. The summed E-state index contributed by atoms with van der Waals surface area (Å²) in [5.41, 5.74) is 0.778. The van der Waals surface area contributed by atoms with Crippen LogP contribution in [0.3, 0.4) is 0 Å². The van der Waals surface area contributed by atoms with Crippen molar-refractivity contribution in [2.75, 3.05) is 13.1 Å². The van der Waals surface area contributed by atoms with Crippen molar-refractivity contribution >= 4 is 17.2 Å². The number of rotatable bonds is 2. The van der Waals surface area contributed by atoms with Gasteiger partial charge in [0.1, 0.15) is 0 Å². The normalized spacial score (nSPS) is 21.9. The zero-order valence-electron chi connectivity index (χ0n) is 7.95. The minimum absolute atomic E-state index is 0.0555. The predicted molar refractivity (Wildman–Crippen MR) is 57.7 cm³/mol. The monoisotopic (exact) mass is 210 g/mol. The lowest BCUT2D eigenvalue weighted by molar-refractivity contribution is 0.0931. The minimum Gasteiger partial charge on any atom is -0.348 e. The molecule has 1 unspecified atom stereocenters. The molecule has 1 aliphatic rings.